The summed E-state index contributed by atoms with van der Waals surface area (Å²) in [6, 6.07) is 7.43. The topological polar surface area (TPSA) is 69.0 Å². The van der Waals surface area contributed by atoms with Gasteiger partial charge in [-0.15, -0.1) is 0 Å². The van der Waals surface area contributed by atoms with E-state index in [1.165, 1.54) is 6.33 Å². The summed E-state index contributed by atoms with van der Waals surface area (Å²) in [6.07, 6.45) is 1.28. The number of allylic oxidation sites excluding steroid dienone is 1. The molecule has 0 bridgehead atoms. The molecule has 23 heavy (non-hydrogen) atoms. The summed E-state index contributed by atoms with van der Waals surface area (Å²) in [5, 5.41) is 7.39. The Morgan fingerprint density at radius 1 is 1.35 bits per heavy atom. The molecule has 0 fully saturated rings. The van der Waals surface area contributed by atoms with E-state index < -0.39 is 0 Å². The predicted molar refractivity (Wildman–Crippen MR) is 89.9 cm³/mol. The molecule has 2 aromatic rings. The van der Waals surface area contributed by atoms with Crippen LogP contribution in [-0.2, 0) is 9.53 Å². The Labute approximate surface area is 142 Å². The number of nitrogens with zero attached hydrogens (tertiary/aromatic N) is 3. The summed E-state index contributed by atoms with van der Waals surface area (Å²) in [6.45, 7) is 5.51. The van der Waals surface area contributed by atoms with Gasteiger partial charge in [0, 0.05) is 10.2 Å². The highest BCUT2D eigenvalue weighted by atomic mass is 79.9. The number of aromatic nitrogens is 3. The Morgan fingerprint density at radius 3 is 2.70 bits per heavy atom. The van der Waals surface area contributed by atoms with Gasteiger partial charge in [-0.05, 0) is 38.5 Å². The molecule has 1 unspecified atom stereocenters. The van der Waals surface area contributed by atoms with E-state index in [1.807, 2.05) is 45.0 Å². The molecule has 1 N–H and O–H groups in total. The zero-order chi connectivity index (χ0) is 16.6. The molecule has 0 aliphatic carbocycles. The van der Waals surface area contributed by atoms with Crippen molar-refractivity contribution in [3.05, 3.63) is 51.9 Å². The van der Waals surface area contributed by atoms with E-state index in [2.05, 4.69) is 31.3 Å². The Kier molecular flexibility index (Phi) is 4.21. The highest BCUT2D eigenvalue weighted by Crippen LogP contribution is 2.35. The van der Waals surface area contributed by atoms with Gasteiger partial charge >= 0.3 is 5.97 Å². The van der Waals surface area contributed by atoms with E-state index in [9.17, 15) is 4.79 Å². The molecule has 3 rings (SSSR count). The predicted octanol–water partition coefficient (Wildman–Crippen LogP) is 3.28. The van der Waals surface area contributed by atoms with Crippen LogP contribution in [0.4, 0.5) is 5.95 Å². The van der Waals surface area contributed by atoms with Gasteiger partial charge in [0.1, 0.15) is 12.4 Å². The molecule has 0 spiro atoms. The van der Waals surface area contributed by atoms with Crippen LogP contribution in [0.25, 0.3) is 0 Å². The second-order valence-corrected chi connectivity index (χ2v) is 6.52. The van der Waals surface area contributed by atoms with Crippen LogP contribution in [-0.4, -0.2) is 26.8 Å². The lowest BCUT2D eigenvalue weighted by atomic mass is 9.96. The first-order valence-electron chi connectivity index (χ1n) is 7.31. The SMILES string of the molecule is CC1=C(C(=O)OC(C)C)C(c2ccc(Br)cc2)n2ncnc2N1. The second-order valence-electron chi connectivity index (χ2n) is 5.60. The molecule has 1 aromatic carbocycles. The van der Waals surface area contributed by atoms with Crippen molar-refractivity contribution in [1.82, 2.24) is 14.8 Å². The molecule has 0 amide bonds. The fourth-order valence-electron chi connectivity index (χ4n) is 2.59. The van der Waals surface area contributed by atoms with E-state index >= 15 is 0 Å². The van der Waals surface area contributed by atoms with Crippen molar-refractivity contribution in [3.8, 4) is 0 Å². The van der Waals surface area contributed by atoms with Crippen molar-refractivity contribution < 1.29 is 9.53 Å². The number of hydrogen-bond donors (Lipinski definition) is 1. The number of hydrogen-bond acceptors (Lipinski definition) is 5. The van der Waals surface area contributed by atoms with Gasteiger partial charge in [-0.3, -0.25) is 0 Å². The highest BCUT2D eigenvalue weighted by molar-refractivity contribution is 9.10. The van der Waals surface area contributed by atoms with Crippen molar-refractivity contribution in [2.24, 2.45) is 0 Å². The van der Waals surface area contributed by atoms with Crippen LogP contribution < -0.4 is 5.32 Å². The third-order valence-corrected chi connectivity index (χ3v) is 4.07. The van der Waals surface area contributed by atoms with Crippen molar-refractivity contribution in [1.29, 1.82) is 0 Å². The number of carbonyl (C=O) groups excluding carboxylic acids is 1. The number of ether oxygens (including phenoxy) is 1. The molecule has 6 nitrogen and oxygen atoms in total. The van der Waals surface area contributed by atoms with Gasteiger partial charge in [-0.25, -0.2) is 9.48 Å². The number of halogens is 1. The molecule has 1 aliphatic rings. The number of benzene rings is 1. The standard InChI is InChI=1S/C16H17BrN4O2/c1-9(2)23-15(22)13-10(3)20-16-18-8-19-21(16)14(13)11-4-6-12(17)7-5-11/h4-9,14H,1-3H3,(H,18,19,20). The van der Waals surface area contributed by atoms with E-state index in [1.54, 1.807) is 4.68 Å². The fraction of sp³-hybridized carbons (Fsp3) is 0.312. The number of rotatable bonds is 3. The Morgan fingerprint density at radius 2 is 2.04 bits per heavy atom. The first-order valence-corrected chi connectivity index (χ1v) is 8.10. The zero-order valence-electron chi connectivity index (χ0n) is 13.1. The van der Waals surface area contributed by atoms with Crippen molar-refractivity contribution in [2.75, 3.05) is 5.32 Å². The summed E-state index contributed by atoms with van der Waals surface area (Å²) >= 11 is 3.43. The minimum Gasteiger partial charge on any atom is -0.459 e. The van der Waals surface area contributed by atoms with Crippen molar-refractivity contribution in [2.45, 2.75) is 32.9 Å². The third kappa shape index (κ3) is 3.01. The van der Waals surface area contributed by atoms with Crippen LogP contribution in [0, 0.1) is 0 Å². The van der Waals surface area contributed by atoms with Crippen LogP contribution in [0.15, 0.2) is 46.3 Å². The van der Waals surface area contributed by atoms with E-state index in [0.29, 0.717) is 11.5 Å². The Hall–Kier alpha value is -2.15. The minimum atomic E-state index is -0.368. The first kappa shape index (κ1) is 15.7. The molecular formula is C16H17BrN4O2. The number of esters is 1. The molecule has 1 aromatic heterocycles. The van der Waals surface area contributed by atoms with Crippen LogP contribution >= 0.6 is 15.9 Å². The zero-order valence-corrected chi connectivity index (χ0v) is 14.7. The lowest BCUT2D eigenvalue weighted by Gasteiger charge is -2.28. The average molecular weight is 377 g/mol. The highest BCUT2D eigenvalue weighted by Gasteiger charge is 2.34. The average Bonchev–Trinajstić information content (AvgIpc) is 2.93. The summed E-state index contributed by atoms with van der Waals surface area (Å²) in [5.74, 6) is 0.260. The molecule has 7 heteroatoms. The van der Waals surface area contributed by atoms with Crippen LogP contribution in [0.2, 0.25) is 0 Å². The lowest BCUT2D eigenvalue weighted by molar-refractivity contribution is -0.143. The molecule has 1 atom stereocenters. The Balaban J connectivity index is 2.10. The van der Waals surface area contributed by atoms with Gasteiger partial charge < -0.3 is 10.1 Å². The van der Waals surface area contributed by atoms with Crippen molar-refractivity contribution >= 4 is 27.8 Å². The van der Waals surface area contributed by atoms with Gasteiger partial charge in [0.2, 0.25) is 5.95 Å². The smallest absolute Gasteiger partial charge is 0.338 e. The Bertz CT molecular complexity index is 765. The minimum absolute atomic E-state index is 0.189. The van der Waals surface area contributed by atoms with Crippen molar-refractivity contribution in [3.63, 3.8) is 0 Å². The van der Waals surface area contributed by atoms with Gasteiger partial charge in [-0.2, -0.15) is 10.1 Å². The molecule has 0 saturated heterocycles. The molecular weight excluding hydrogens is 360 g/mol. The molecule has 2 heterocycles. The number of nitrogens with one attached hydrogen (secondary N) is 1. The normalized spacial score (nSPS) is 17.0. The maximum Gasteiger partial charge on any atom is 0.338 e. The third-order valence-electron chi connectivity index (χ3n) is 3.54. The maximum absolute atomic E-state index is 12.6. The second kappa shape index (κ2) is 6.16. The van der Waals surface area contributed by atoms with Crippen LogP contribution in [0.5, 0.6) is 0 Å². The first-order chi connectivity index (χ1) is 11.0. The van der Waals surface area contributed by atoms with Crippen LogP contribution in [0.3, 0.4) is 0 Å². The van der Waals surface area contributed by atoms with Gasteiger partial charge in [0.05, 0.1) is 11.7 Å². The van der Waals surface area contributed by atoms with Gasteiger partial charge in [0.15, 0.2) is 0 Å². The molecule has 0 saturated carbocycles. The van der Waals surface area contributed by atoms with E-state index in [0.717, 1.165) is 15.7 Å². The lowest BCUT2D eigenvalue weighted by Crippen LogP contribution is -2.30. The molecule has 120 valence electrons. The fourth-order valence-corrected chi connectivity index (χ4v) is 2.85. The van der Waals surface area contributed by atoms with E-state index in [-0.39, 0.29) is 18.1 Å². The summed E-state index contributed by atoms with van der Waals surface area (Å²) in [5.41, 5.74) is 2.21. The quantitative estimate of drug-likeness (QED) is 0.832. The molecule has 1 aliphatic heterocycles. The summed E-state index contributed by atoms with van der Waals surface area (Å²) in [7, 11) is 0. The van der Waals surface area contributed by atoms with Gasteiger partial charge in [-0.1, -0.05) is 28.1 Å². The van der Waals surface area contributed by atoms with Gasteiger partial charge in [0.25, 0.3) is 0 Å². The number of anilines is 1. The number of fused-ring (bicyclic) bond motifs is 1. The van der Waals surface area contributed by atoms with Crippen LogP contribution in [0.1, 0.15) is 32.4 Å². The maximum atomic E-state index is 12.6. The molecule has 0 radical (unpaired) electrons. The summed E-state index contributed by atoms with van der Waals surface area (Å²) in [4.78, 5) is 16.8. The monoisotopic (exact) mass is 376 g/mol. The number of carbonyl (C=O) groups is 1. The summed E-state index contributed by atoms with van der Waals surface area (Å²) < 4.78 is 8.09. The largest absolute Gasteiger partial charge is 0.459 e. The van der Waals surface area contributed by atoms with E-state index in [4.69, 9.17) is 4.74 Å².